The van der Waals surface area contributed by atoms with Gasteiger partial charge in [0.1, 0.15) is 0 Å². The van der Waals surface area contributed by atoms with Gasteiger partial charge in [-0.25, -0.2) is 0 Å². The number of carbonyl (C=O) groups is 3. The number of hydrogen-bond donors (Lipinski definition) is 0. The Morgan fingerprint density at radius 2 is 1.30 bits per heavy atom. The highest BCUT2D eigenvalue weighted by Crippen LogP contribution is 2.19. The van der Waals surface area contributed by atoms with Crippen molar-refractivity contribution in [3.05, 3.63) is 0 Å². The molecule has 0 amide bonds. The Morgan fingerprint density at radius 3 is 1.65 bits per heavy atom. The maximum Gasteiger partial charge on any atom is 0.705 e. The lowest BCUT2D eigenvalue weighted by atomic mass is 10.5. The van der Waals surface area contributed by atoms with Gasteiger partial charge in [0.2, 0.25) is 0 Å². The molecule has 0 aromatic heterocycles. The van der Waals surface area contributed by atoms with Gasteiger partial charge in [-0.05, 0) is 12.8 Å². The molecule has 0 aliphatic rings. The molecule has 0 heterocycles. The third-order valence-corrected chi connectivity index (χ3v) is 4.78. The van der Waals surface area contributed by atoms with Crippen molar-refractivity contribution in [3.63, 3.8) is 0 Å². The minimum Gasteiger partial charge on any atom is -0.455 e. The van der Waals surface area contributed by atoms with Gasteiger partial charge in [0, 0.05) is 34.0 Å². The minimum absolute atomic E-state index is 0.148. The van der Waals surface area contributed by atoms with Crippen molar-refractivity contribution in [2.24, 2.45) is 0 Å². The second-order valence-electron chi connectivity index (χ2n) is 4.18. The molecule has 0 unspecified atom stereocenters. The van der Waals surface area contributed by atoms with Gasteiger partial charge in [-0.1, -0.05) is 6.92 Å². The average molecular weight is 306 g/mol. The summed E-state index contributed by atoms with van der Waals surface area (Å²) in [6.07, 6.45) is 1.35. The van der Waals surface area contributed by atoms with Gasteiger partial charge in [-0.3, -0.25) is 14.4 Å². The van der Waals surface area contributed by atoms with Gasteiger partial charge < -0.3 is 18.0 Å². The first-order valence-corrected chi connectivity index (χ1v) is 8.41. The zero-order valence-electron chi connectivity index (χ0n) is 12.4. The number of rotatable bonds is 9. The van der Waals surface area contributed by atoms with Crippen molar-refractivity contribution in [1.82, 2.24) is 0 Å². The first-order valence-electron chi connectivity index (χ1n) is 6.48. The zero-order valence-corrected chi connectivity index (χ0v) is 13.4. The van der Waals surface area contributed by atoms with Gasteiger partial charge in [-0.2, -0.15) is 0 Å². The summed E-state index contributed by atoms with van der Waals surface area (Å²) in [5, 5.41) is 0. The molecule has 0 N–H and O–H groups in total. The molecule has 0 aliphatic carbocycles. The maximum atomic E-state index is 11.2. The normalized spacial score (nSPS) is 10.8. The van der Waals surface area contributed by atoms with E-state index in [1.165, 1.54) is 20.8 Å². The fraction of sp³-hybridized carbons (Fsp3) is 0.750. The van der Waals surface area contributed by atoms with Crippen LogP contribution >= 0.6 is 0 Å². The molecule has 0 saturated carbocycles. The van der Waals surface area contributed by atoms with Gasteiger partial charge in [0.25, 0.3) is 17.9 Å². The van der Waals surface area contributed by atoms with Gasteiger partial charge in [0.15, 0.2) is 0 Å². The molecule has 0 radical (unpaired) electrons. The molecule has 7 nitrogen and oxygen atoms in total. The molecule has 0 aliphatic heterocycles. The largest absolute Gasteiger partial charge is 0.705 e. The lowest BCUT2D eigenvalue weighted by Crippen LogP contribution is -2.49. The van der Waals surface area contributed by atoms with Crippen LogP contribution < -0.4 is 0 Å². The van der Waals surface area contributed by atoms with Crippen LogP contribution in [0, 0.1) is 0 Å². The molecule has 0 atom stereocenters. The second-order valence-corrected chi connectivity index (χ2v) is 6.66. The SMILES string of the molecule is CCCOCCC[Si](OC(C)=O)(OC(C)=O)OC(C)=O. The summed E-state index contributed by atoms with van der Waals surface area (Å²) >= 11 is 0. The third-order valence-electron chi connectivity index (χ3n) is 2.02. The third kappa shape index (κ3) is 8.65. The van der Waals surface area contributed by atoms with Crippen molar-refractivity contribution in [1.29, 1.82) is 0 Å². The fourth-order valence-corrected chi connectivity index (χ4v) is 3.83. The van der Waals surface area contributed by atoms with Gasteiger partial charge in [0.05, 0.1) is 6.04 Å². The maximum absolute atomic E-state index is 11.2. The average Bonchev–Trinajstić information content (AvgIpc) is 2.25. The van der Waals surface area contributed by atoms with E-state index >= 15 is 0 Å². The molecule has 20 heavy (non-hydrogen) atoms. The number of ether oxygens (including phenoxy) is 1. The molecule has 116 valence electrons. The van der Waals surface area contributed by atoms with E-state index in [-0.39, 0.29) is 6.04 Å². The van der Waals surface area contributed by atoms with Crippen LogP contribution in [0.15, 0.2) is 0 Å². The Hall–Kier alpha value is -1.41. The van der Waals surface area contributed by atoms with Crippen LogP contribution in [0.3, 0.4) is 0 Å². The Morgan fingerprint density at radius 1 is 0.850 bits per heavy atom. The summed E-state index contributed by atoms with van der Waals surface area (Å²) in [6, 6.07) is 0.148. The highest BCUT2D eigenvalue weighted by Gasteiger charge is 2.51. The summed E-state index contributed by atoms with van der Waals surface area (Å²) in [5.41, 5.74) is 0. The Balaban J connectivity index is 4.72. The summed E-state index contributed by atoms with van der Waals surface area (Å²) in [7, 11) is -3.67. The summed E-state index contributed by atoms with van der Waals surface area (Å²) in [5.74, 6) is -1.98. The molecule has 8 heteroatoms. The second kappa shape index (κ2) is 9.48. The monoisotopic (exact) mass is 306 g/mol. The van der Waals surface area contributed by atoms with Crippen molar-refractivity contribution >= 4 is 26.7 Å². The van der Waals surface area contributed by atoms with E-state index in [1.54, 1.807) is 0 Å². The summed E-state index contributed by atoms with van der Waals surface area (Å²) in [4.78, 5) is 33.5. The lowest BCUT2D eigenvalue weighted by molar-refractivity contribution is -0.147. The Labute approximate surface area is 119 Å². The molecule has 0 aromatic rings. The van der Waals surface area contributed by atoms with Crippen LogP contribution in [0.1, 0.15) is 40.5 Å². The quantitative estimate of drug-likeness (QED) is 0.470. The number of carbonyl (C=O) groups excluding carboxylic acids is 3. The van der Waals surface area contributed by atoms with Crippen LogP contribution in [0.25, 0.3) is 0 Å². The van der Waals surface area contributed by atoms with E-state index < -0.39 is 26.7 Å². The highest BCUT2D eigenvalue weighted by molar-refractivity contribution is 6.65. The van der Waals surface area contributed by atoms with Gasteiger partial charge >= 0.3 is 8.80 Å². The molecular formula is C12H22O7Si. The van der Waals surface area contributed by atoms with Crippen LogP contribution in [0.2, 0.25) is 6.04 Å². The first-order chi connectivity index (χ1) is 9.31. The Kier molecular flexibility index (Phi) is 8.81. The van der Waals surface area contributed by atoms with Crippen LogP contribution in [-0.2, 0) is 32.4 Å². The predicted octanol–water partition coefficient (Wildman–Crippen LogP) is 1.43. The van der Waals surface area contributed by atoms with Gasteiger partial charge in [-0.15, -0.1) is 0 Å². The van der Waals surface area contributed by atoms with Crippen molar-refractivity contribution in [2.45, 2.75) is 46.6 Å². The molecule has 0 saturated heterocycles. The van der Waals surface area contributed by atoms with E-state index in [2.05, 4.69) is 0 Å². The molecule has 0 bridgehead atoms. The van der Waals surface area contributed by atoms with Crippen LogP contribution in [0.4, 0.5) is 0 Å². The van der Waals surface area contributed by atoms with E-state index in [4.69, 9.17) is 18.0 Å². The van der Waals surface area contributed by atoms with Crippen LogP contribution in [0.5, 0.6) is 0 Å². The lowest BCUT2D eigenvalue weighted by Gasteiger charge is -2.26. The van der Waals surface area contributed by atoms with E-state index in [0.29, 0.717) is 19.6 Å². The van der Waals surface area contributed by atoms with E-state index in [9.17, 15) is 14.4 Å². The van der Waals surface area contributed by atoms with E-state index in [0.717, 1.165) is 6.42 Å². The molecule has 0 rings (SSSR count). The smallest absolute Gasteiger partial charge is 0.455 e. The zero-order chi connectivity index (χ0) is 15.6. The van der Waals surface area contributed by atoms with Crippen LogP contribution in [-0.4, -0.2) is 39.9 Å². The topological polar surface area (TPSA) is 88.1 Å². The van der Waals surface area contributed by atoms with Crippen molar-refractivity contribution < 1.29 is 32.4 Å². The Bertz CT molecular complexity index is 302. The molecular weight excluding hydrogens is 284 g/mol. The molecule has 0 aromatic carbocycles. The van der Waals surface area contributed by atoms with Crippen molar-refractivity contribution in [3.8, 4) is 0 Å². The standard InChI is InChI=1S/C12H22O7Si/c1-5-7-16-8-6-9-20(17-10(2)13,18-11(3)14)19-12(4)15/h5-9H2,1-4H3. The fourth-order valence-electron chi connectivity index (χ4n) is 1.51. The summed E-state index contributed by atoms with van der Waals surface area (Å²) < 4.78 is 20.4. The molecule has 0 fully saturated rings. The number of hydrogen-bond acceptors (Lipinski definition) is 7. The van der Waals surface area contributed by atoms with E-state index in [1.807, 2.05) is 6.92 Å². The minimum atomic E-state index is -3.67. The summed E-state index contributed by atoms with van der Waals surface area (Å²) in [6.45, 7) is 6.51. The highest BCUT2D eigenvalue weighted by atomic mass is 28.4. The predicted molar refractivity (Wildman–Crippen MR) is 71.6 cm³/mol. The molecule has 0 spiro atoms. The first kappa shape index (κ1) is 18.6. The van der Waals surface area contributed by atoms with Crippen molar-refractivity contribution in [2.75, 3.05) is 13.2 Å².